The van der Waals surface area contributed by atoms with Crippen molar-refractivity contribution in [3.8, 4) is 34.9 Å². The molecule has 0 saturated heterocycles. The number of rotatable bonds is 4. The number of nitrogens with zero attached hydrogens (tertiary/aromatic N) is 6. The number of fused-ring (bicyclic) bond motifs is 12. The molecule has 0 radical (unpaired) electrons. The van der Waals surface area contributed by atoms with E-state index in [1.807, 2.05) is 0 Å². The zero-order valence-electron chi connectivity index (χ0n) is 40.5. The Morgan fingerprint density at radius 1 is 0.243 bits per heavy atom. The first-order chi connectivity index (χ1) is 33.9. The summed E-state index contributed by atoms with van der Waals surface area (Å²) in [4.78, 5) is 0. The summed E-state index contributed by atoms with van der Waals surface area (Å²) < 4.78 is 9.23. The Kier molecular flexibility index (Phi) is 8.76. The predicted octanol–water partition coefficient (Wildman–Crippen LogP) is 16.3. The van der Waals surface area contributed by atoms with Gasteiger partial charge in [0.25, 0.3) is 0 Å². The Labute approximate surface area is 405 Å². The van der Waals surface area contributed by atoms with Crippen LogP contribution in [0.1, 0.15) is 55.6 Å². The van der Waals surface area contributed by atoms with Crippen LogP contribution in [0, 0.1) is 78.1 Å². The number of hydrogen-bond donors (Lipinski definition) is 0. The van der Waals surface area contributed by atoms with Gasteiger partial charge in [-0.15, -0.1) is 0 Å². The average Bonchev–Trinajstić information content (AvgIpc) is 4.04. The minimum Gasteiger partial charge on any atom is -0.306 e. The maximum absolute atomic E-state index is 12.4. The molecule has 70 heavy (non-hydrogen) atoms. The molecule has 9 aromatic carbocycles. The number of aryl methyl sites for hydroxylation is 8. The third kappa shape index (κ3) is 5.71. The predicted molar refractivity (Wildman–Crippen MR) is 291 cm³/mol. The standard InChI is InChI=1S/C64H48N6/c1-35-9-17-53-43(25-35)44-26-36(2)10-18-54(44)67(53)61-51(33-65)62(68-55-19-11-37(3)27-45(55)46-28-38(4)12-20-56(46)68)64(70-59-23-15-41(7)31-49(59)50-32-42(8)16-24-60(50)70)63(52(61)34-66)69-57-21-13-39(5)29-47(57)48-30-40(6)14-22-58(48)69/h9-32H,1-8H3. The number of benzene rings is 9. The van der Waals surface area contributed by atoms with Gasteiger partial charge in [-0.05, 0) is 152 Å². The maximum Gasteiger partial charge on any atom is 0.104 e. The number of nitriles is 2. The first-order valence-corrected chi connectivity index (χ1v) is 24.0. The third-order valence-corrected chi connectivity index (χ3v) is 14.8. The van der Waals surface area contributed by atoms with Crippen LogP contribution < -0.4 is 0 Å². The fraction of sp³-hybridized carbons (Fsp3) is 0.125. The summed E-state index contributed by atoms with van der Waals surface area (Å²) in [6, 6.07) is 58.7. The molecule has 4 aromatic heterocycles. The van der Waals surface area contributed by atoms with Crippen LogP contribution in [0.3, 0.4) is 0 Å². The zero-order valence-corrected chi connectivity index (χ0v) is 40.5. The van der Waals surface area contributed by atoms with E-state index in [0.29, 0.717) is 28.2 Å². The Balaban J connectivity index is 1.40. The van der Waals surface area contributed by atoms with Crippen LogP contribution in [-0.2, 0) is 0 Å². The van der Waals surface area contributed by atoms with Crippen molar-refractivity contribution in [2.24, 2.45) is 0 Å². The zero-order chi connectivity index (χ0) is 48.0. The molecule has 334 valence electrons. The first kappa shape index (κ1) is 41.4. The van der Waals surface area contributed by atoms with Gasteiger partial charge in [0.2, 0.25) is 0 Å². The smallest absolute Gasteiger partial charge is 0.104 e. The minimum atomic E-state index is 0.400. The summed E-state index contributed by atoms with van der Waals surface area (Å²) in [5, 5.41) is 33.6. The van der Waals surface area contributed by atoms with Gasteiger partial charge in [0.1, 0.15) is 23.3 Å². The van der Waals surface area contributed by atoms with E-state index in [1.54, 1.807) is 0 Å². The summed E-state index contributed by atoms with van der Waals surface area (Å²) in [6.45, 7) is 17.1. The normalized spacial score (nSPS) is 12.0. The van der Waals surface area contributed by atoms with Crippen molar-refractivity contribution in [3.63, 3.8) is 0 Å². The molecule has 4 heterocycles. The highest BCUT2D eigenvalue weighted by Crippen LogP contribution is 2.49. The van der Waals surface area contributed by atoms with Gasteiger partial charge in [0.05, 0.1) is 66.9 Å². The van der Waals surface area contributed by atoms with Crippen LogP contribution in [-0.4, -0.2) is 18.3 Å². The topological polar surface area (TPSA) is 67.3 Å². The molecule has 0 N–H and O–H groups in total. The lowest BCUT2D eigenvalue weighted by Gasteiger charge is -2.27. The van der Waals surface area contributed by atoms with Crippen molar-refractivity contribution in [3.05, 3.63) is 201 Å². The SMILES string of the molecule is Cc1ccc2c(c1)c1cc(C)ccc1n2-c1c(C#N)c(-n2c3ccc(C)cc3c3cc(C)ccc32)c(-n2c3ccc(C)cc3c3cc(C)ccc32)c(-n2c3ccc(C)cc3c3cc(C)ccc32)c1C#N. The monoisotopic (exact) mass is 900 g/mol. The van der Waals surface area contributed by atoms with Gasteiger partial charge >= 0.3 is 0 Å². The lowest BCUT2D eigenvalue weighted by Crippen LogP contribution is -2.17. The fourth-order valence-corrected chi connectivity index (χ4v) is 11.7. The van der Waals surface area contributed by atoms with Gasteiger partial charge in [-0.1, -0.05) is 93.0 Å². The molecule has 6 nitrogen and oxygen atoms in total. The highest BCUT2D eigenvalue weighted by Gasteiger charge is 2.34. The first-order valence-electron chi connectivity index (χ1n) is 24.0. The highest BCUT2D eigenvalue weighted by atomic mass is 15.1. The van der Waals surface area contributed by atoms with E-state index in [9.17, 15) is 10.5 Å². The van der Waals surface area contributed by atoms with Crippen molar-refractivity contribution in [1.29, 1.82) is 10.5 Å². The van der Waals surface area contributed by atoms with Crippen molar-refractivity contribution in [2.45, 2.75) is 55.4 Å². The Hall–Kier alpha value is -8.84. The second-order valence-electron chi connectivity index (χ2n) is 19.9. The van der Waals surface area contributed by atoms with Gasteiger partial charge in [0.15, 0.2) is 0 Å². The van der Waals surface area contributed by atoms with E-state index in [1.165, 1.54) is 0 Å². The molecule has 0 fully saturated rings. The number of aromatic nitrogens is 4. The number of hydrogen-bond acceptors (Lipinski definition) is 2. The van der Waals surface area contributed by atoms with E-state index in [-0.39, 0.29) is 0 Å². The van der Waals surface area contributed by atoms with Crippen LogP contribution in [0.2, 0.25) is 0 Å². The third-order valence-electron chi connectivity index (χ3n) is 14.8. The summed E-state index contributed by atoms with van der Waals surface area (Å²) in [5.74, 6) is 0. The van der Waals surface area contributed by atoms with Crippen LogP contribution in [0.5, 0.6) is 0 Å². The quantitative estimate of drug-likeness (QED) is 0.177. The van der Waals surface area contributed by atoms with Gasteiger partial charge in [0, 0.05) is 43.1 Å². The van der Waals surface area contributed by atoms with E-state index in [4.69, 9.17) is 0 Å². The maximum atomic E-state index is 12.4. The summed E-state index contributed by atoms with van der Waals surface area (Å²) in [7, 11) is 0. The van der Waals surface area contributed by atoms with Crippen LogP contribution >= 0.6 is 0 Å². The molecule has 0 aliphatic heterocycles. The van der Waals surface area contributed by atoms with Crippen molar-refractivity contribution < 1.29 is 0 Å². The second kappa shape index (κ2) is 14.8. The van der Waals surface area contributed by atoms with Crippen molar-refractivity contribution in [1.82, 2.24) is 18.3 Å². The molecular formula is C64H48N6. The van der Waals surface area contributed by atoms with E-state index >= 15 is 0 Å². The van der Waals surface area contributed by atoms with Crippen LogP contribution in [0.15, 0.2) is 146 Å². The van der Waals surface area contributed by atoms with Gasteiger partial charge < -0.3 is 18.3 Å². The molecule has 13 aromatic rings. The summed E-state index contributed by atoms with van der Waals surface area (Å²) >= 11 is 0. The molecule has 0 unspecified atom stereocenters. The molecule has 0 amide bonds. The Morgan fingerprint density at radius 2 is 0.414 bits per heavy atom. The molecule has 0 atom stereocenters. The summed E-state index contributed by atoms with van der Waals surface area (Å²) in [6.07, 6.45) is 0. The molecular weight excluding hydrogens is 853 g/mol. The average molecular weight is 901 g/mol. The second-order valence-corrected chi connectivity index (χ2v) is 19.9. The molecule has 0 aliphatic rings. The fourth-order valence-electron chi connectivity index (χ4n) is 11.7. The lowest BCUT2D eigenvalue weighted by molar-refractivity contribution is 1.02. The molecule has 0 bridgehead atoms. The van der Waals surface area contributed by atoms with Gasteiger partial charge in [-0.2, -0.15) is 10.5 Å². The lowest BCUT2D eigenvalue weighted by atomic mass is 9.98. The van der Waals surface area contributed by atoms with Crippen LogP contribution in [0.25, 0.3) is 110 Å². The largest absolute Gasteiger partial charge is 0.306 e. The van der Waals surface area contributed by atoms with E-state index in [0.717, 1.165) is 137 Å². The van der Waals surface area contributed by atoms with Gasteiger partial charge in [-0.25, -0.2) is 0 Å². The molecule has 0 saturated carbocycles. The van der Waals surface area contributed by atoms with Crippen molar-refractivity contribution >= 4 is 87.2 Å². The van der Waals surface area contributed by atoms with Crippen molar-refractivity contribution in [2.75, 3.05) is 0 Å². The molecule has 0 spiro atoms. The molecule has 6 heteroatoms. The summed E-state index contributed by atoms with van der Waals surface area (Å²) in [5.41, 5.74) is 20.3. The Morgan fingerprint density at radius 3 is 0.600 bits per heavy atom. The van der Waals surface area contributed by atoms with Crippen LogP contribution in [0.4, 0.5) is 0 Å². The molecule has 0 aliphatic carbocycles. The molecule has 13 rings (SSSR count). The highest BCUT2D eigenvalue weighted by molar-refractivity contribution is 6.16. The van der Waals surface area contributed by atoms with E-state index in [2.05, 4.69) is 231 Å². The minimum absolute atomic E-state index is 0.400. The van der Waals surface area contributed by atoms with E-state index < -0.39 is 0 Å². The Bertz CT molecular complexity index is 4180. The van der Waals surface area contributed by atoms with Gasteiger partial charge in [-0.3, -0.25) is 0 Å².